The fourth-order valence-corrected chi connectivity index (χ4v) is 2.51. The topological polar surface area (TPSA) is 116 Å². The molecule has 8 nitrogen and oxygen atoms in total. The van der Waals surface area contributed by atoms with Gasteiger partial charge < -0.3 is 9.84 Å². The van der Waals surface area contributed by atoms with Crippen molar-refractivity contribution in [2.75, 3.05) is 0 Å². The summed E-state index contributed by atoms with van der Waals surface area (Å²) in [5, 5.41) is 29.2. The molecule has 0 amide bonds. The van der Waals surface area contributed by atoms with Gasteiger partial charge in [-0.15, -0.1) is 0 Å². The van der Waals surface area contributed by atoms with Crippen LogP contribution in [0.5, 0.6) is 5.75 Å². The van der Waals surface area contributed by atoms with Crippen LogP contribution < -0.4 is 4.74 Å². The first kappa shape index (κ1) is 25.2. The van der Waals surface area contributed by atoms with Crippen LogP contribution in [0.25, 0.3) is 0 Å². The lowest BCUT2D eigenvalue weighted by Crippen LogP contribution is -2.07. The molecule has 0 saturated carbocycles. The van der Waals surface area contributed by atoms with Gasteiger partial charge in [0.05, 0.1) is 18.7 Å². The Morgan fingerprint density at radius 1 is 0.968 bits per heavy atom. The molecule has 0 atom stereocenters. The standard InChI is InChI=1S/C10H12BrNO3.C7H5BrFNO2.C3H8O/c1-6(2)15-10-5-8(11)7(3)4-9(10)12(13)14;1-4-2-7(10(11)12)6(9)3-5(4)8;1-3(2)4/h4-6H,1-3H3;2-3H,1H3;3-4H,1-2H3/i6D;;3D. The van der Waals surface area contributed by atoms with Crippen molar-refractivity contribution in [1.82, 2.24) is 0 Å². The zero-order valence-corrected chi connectivity index (χ0v) is 21.0. The quantitative estimate of drug-likeness (QED) is 0.325. The van der Waals surface area contributed by atoms with Gasteiger partial charge in [-0.25, -0.2) is 0 Å². The molecule has 0 spiro atoms. The van der Waals surface area contributed by atoms with E-state index in [1.165, 1.54) is 45.9 Å². The average molecular weight is 570 g/mol. The number of benzene rings is 2. The van der Waals surface area contributed by atoms with Crippen molar-refractivity contribution in [3.63, 3.8) is 0 Å². The molecule has 0 aliphatic carbocycles. The maximum atomic E-state index is 12.8. The molecular formula is C20H25Br2FN2O6. The van der Waals surface area contributed by atoms with Gasteiger partial charge >= 0.3 is 11.4 Å². The van der Waals surface area contributed by atoms with Crippen molar-refractivity contribution in [2.24, 2.45) is 0 Å². The smallest absolute Gasteiger partial charge is 0.311 e. The number of halogens is 3. The molecule has 11 heteroatoms. The number of aliphatic hydroxyl groups is 1. The van der Waals surface area contributed by atoms with Gasteiger partial charge in [-0.3, -0.25) is 20.2 Å². The normalized spacial score (nSPS) is 11.7. The zero-order valence-electron chi connectivity index (χ0n) is 19.8. The van der Waals surface area contributed by atoms with Gasteiger partial charge in [-0.05, 0) is 58.7 Å². The van der Waals surface area contributed by atoms with Gasteiger partial charge in [-0.1, -0.05) is 31.9 Å². The first-order valence-corrected chi connectivity index (χ1v) is 10.3. The molecule has 31 heavy (non-hydrogen) atoms. The molecule has 0 radical (unpaired) electrons. The summed E-state index contributed by atoms with van der Waals surface area (Å²) in [6.45, 7) is 9.28. The predicted molar refractivity (Wildman–Crippen MR) is 124 cm³/mol. The first-order valence-electron chi connectivity index (χ1n) is 9.69. The Morgan fingerprint density at radius 3 is 1.74 bits per heavy atom. The summed E-state index contributed by atoms with van der Waals surface area (Å²) in [6, 6.07) is 5.22. The Hall–Kier alpha value is -2.11. The molecule has 2 aromatic rings. The molecule has 0 unspecified atom stereocenters. The summed E-state index contributed by atoms with van der Waals surface area (Å²) in [7, 11) is 0. The highest BCUT2D eigenvalue weighted by molar-refractivity contribution is 9.10. The number of nitrogens with zero attached hydrogens (tertiary/aromatic N) is 2. The molecule has 172 valence electrons. The minimum absolute atomic E-state index is 0.0995. The third-order valence-electron chi connectivity index (χ3n) is 3.18. The molecule has 2 aromatic carbocycles. The third kappa shape index (κ3) is 10.7. The molecule has 0 heterocycles. The zero-order chi connectivity index (χ0) is 26.3. The summed E-state index contributed by atoms with van der Waals surface area (Å²) in [5.74, 6) is -0.722. The SMILES string of the molecule is Cc1cc([N+](=O)[O-])c(F)cc1Br.[2H]C(C)(C)O.[2H]C(C)(C)Oc1cc(Br)c(C)cc1[N+](=O)[O-]. The number of rotatable bonds is 4. The first-order chi connectivity index (χ1) is 14.7. The molecule has 2 rings (SSSR count). The van der Waals surface area contributed by atoms with E-state index in [1.54, 1.807) is 13.8 Å². The minimum atomic E-state index is -1.25. The molecular weight excluding hydrogens is 543 g/mol. The summed E-state index contributed by atoms with van der Waals surface area (Å²) < 4.78 is 33.4. The Balaban J connectivity index is 0.000000530. The van der Waals surface area contributed by atoms with E-state index in [0.717, 1.165) is 16.1 Å². The van der Waals surface area contributed by atoms with Gasteiger partial charge in [0.25, 0.3) is 0 Å². The molecule has 0 aliphatic rings. The van der Waals surface area contributed by atoms with Gasteiger partial charge in [0.15, 0.2) is 5.75 Å². The molecule has 1 N–H and O–H groups in total. The largest absolute Gasteiger partial charge is 0.484 e. The van der Waals surface area contributed by atoms with Crippen LogP contribution >= 0.6 is 31.9 Å². The van der Waals surface area contributed by atoms with Crippen molar-refractivity contribution in [1.29, 1.82) is 0 Å². The van der Waals surface area contributed by atoms with Crippen LogP contribution in [0.1, 0.15) is 41.6 Å². The second kappa shape index (κ2) is 13.3. The van der Waals surface area contributed by atoms with Crippen LogP contribution in [-0.4, -0.2) is 27.1 Å². The highest BCUT2D eigenvalue weighted by Gasteiger charge is 2.18. The fourth-order valence-electron chi connectivity index (χ4n) is 1.87. The second-order valence-electron chi connectivity index (χ2n) is 6.59. The van der Waals surface area contributed by atoms with Crippen LogP contribution in [0.3, 0.4) is 0 Å². The lowest BCUT2D eigenvalue weighted by atomic mass is 10.2. The van der Waals surface area contributed by atoms with Crippen molar-refractivity contribution in [2.45, 2.75) is 53.7 Å². The Morgan fingerprint density at radius 2 is 1.35 bits per heavy atom. The maximum absolute atomic E-state index is 12.8. The van der Waals surface area contributed by atoms with Crippen molar-refractivity contribution in [3.8, 4) is 5.75 Å². The van der Waals surface area contributed by atoms with E-state index >= 15 is 0 Å². The lowest BCUT2D eigenvalue weighted by molar-refractivity contribution is -0.387. The molecule has 0 bridgehead atoms. The summed E-state index contributed by atoms with van der Waals surface area (Å²) >= 11 is 6.34. The number of aryl methyl sites for hydroxylation is 2. The fraction of sp³-hybridized carbons (Fsp3) is 0.400. The van der Waals surface area contributed by atoms with E-state index in [0.29, 0.717) is 10.0 Å². The van der Waals surface area contributed by atoms with E-state index in [4.69, 9.17) is 12.6 Å². The van der Waals surface area contributed by atoms with E-state index in [9.17, 15) is 24.6 Å². The van der Waals surface area contributed by atoms with Gasteiger partial charge in [0, 0.05) is 33.2 Å². The Labute approximate surface area is 199 Å². The Bertz CT molecular complexity index is 1010. The highest BCUT2D eigenvalue weighted by Crippen LogP contribution is 2.33. The lowest BCUT2D eigenvalue weighted by Gasteiger charge is -2.11. The van der Waals surface area contributed by atoms with Crippen LogP contribution in [0.4, 0.5) is 15.8 Å². The molecule has 0 fully saturated rings. The summed E-state index contributed by atoms with van der Waals surface area (Å²) in [6.07, 6.45) is -2.46. The van der Waals surface area contributed by atoms with Crippen LogP contribution in [0.15, 0.2) is 33.2 Å². The molecule has 0 aromatic heterocycles. The van der Waals surface area contributed by atoms with Crippen molar-refractivity contribution in [3.05, 3.63) is 70.4 Å². The van der Waals surface area contributed by atoms with Gasteiger partial charge in [0.1, 0.15) is 0 Å². The Kier molecular flexibility index (Phi) is 10.8. The second-order valence-corrected chi connectivity index (χ2v) is 8.30. The molecule has 0 aliphatic heterocycles. The van der Waals surface area contributed by atoms with Crippen LogP contribution in [-0.2, 0) is 0 Å². The maximum Gasteiger partial charge on any atom is 0.311 e. The number of ether oxygens (including phenoxy) is 1. The van der Waals surface area contributed by atoms with Crippen molar-refractivity contribution < 1.29 is 26.8 Å². The summed E-state index contributed by atoms with van der Waals surface area (Å²) in [5.41, 5.74) is 0.779. The monoisotopic (exact) mass is 568 g/mol. The van der Waals surface area contributed by atoms with Crippen molar-refractivity contribution >= 4 is 43.2 Å². The predicted octanol–water partition coefficient (Wildman–Crippen LogP) is 6.64. The van der Waals surface area contributed by atoms with E-state index in [1.807, 2.05) is 0 Å². The average Bonchev–Trinajstić information content (AvgIpc) is 2.58. The number of nitro groups is 2. The van der Waals surface area contributed by atoms with Gasteiger partial charge in [-0.2, -0.15) is 4.39 Å². The number of hydrogen-bond acceptors (Lipinski definition) is 6. The number of hydrogen-bond donors (Lipinski definition) is 1. The van der Waals surface area contributed by atoms with E-state index < -0.39 is 33.5 Å². The van der Waals surface area contributed by atoms with Gasteiger partial charge in [0.2, 0.25) is 5.82 Å². The minimum Gasteiger partial charge on any atom is -0.484 e. The van der Waals surface area contributed by atoms with Crippen LogP contribution in [0.2, 0.25) is 0 Å². The number of nitro benzene ring substituents is 2. The molecule has 0 saturated heterocycles. The summed E-state index contributed by atoms with van der Waals surface area (Å²) in [4.78, 5) is 19.8. The van der Waals surface area contributed by atoms with E-state index in [2.05, 4.69) is 31.9 Å². The van der Waals surface area contributed by atoms with E-state index in [-0.39, 0.29) is 11.4 Å². The van der Waals surface area contributed by atoms with Crippen LogP contribution in [0, 0.1) is 39.9 Å². The highest BCUT2D eigenvalue weighted by atomic mass is 79.9. The third-order valence-corrected chi connectivity index (χ3v) is 4.88.